The summed E-state index contributed by atoms with van der Waals surface area (Å²) in [5.74, 6) is -6.14. The number of aliphatic hydroxyl groups is 11. The number of allylic oxidation sites excluding steroid dienone is 1. The number of unbranched alkanes of at least 4 members (excludes halogenated alkanes) is 33. The number of carbonyl (C=O) groups is 3. The van der Waals surface area contributed by atoms with Gasteiger partial charge in [0.2, 0.25) is 11.8 Å². The number of hydrogen-bond acceptors (Lipinski definition) is 20. The third-order valence-corrected chi connectivity index (χ3v) is 18.0. The smallest absolute Gasteiger partial charge is 0.364 e. The molecule has 14 N–H and O–H groups in total. The Labute approximate surface area is 537 Å². The van der Waals surface area contributed by atoms with Gasteiger partial charge in [0.15, 0.2) is 12.6 Å². The maximum absolute atomic E-state index is 13.4. The number of ether oxygens (including phenoxy) is 6. The lowest BCUT2D eigenvalue weighted by Crippen LogP contribution is -2.70. The minimum atomic E-state index is -3.08. The molecular formula is C67H124N2O21. The zero-order valence-corrected chi connectivity index (χ0v) is 55.0. The minimum Gasteiger partial charge on any atom is -0.477 e. The number of aliphatic hydroxyl groups excluding tert-OH is 11. The molecule has 528 valence electrons. The van der Waals surface area contributed by atoms with E-state index < -0.39 is 155 Å². The Morgan fingerprint density at radius 3 is 1.48 bits per heavy atom. The van der Waals surface area contributed by atoms with Gasteiger partial charge in [0.05, 0.1) is 50.7 Å². The normalized spacial score (nSPS) is 28.6. The Morgan fingerprint density at radius 2 is 1.03 bits per heavy atom. The quantitative estimate of drug-likeness (QED) is 0.0235. The second-order valence-corrected chi connectivity index (χ2v) is 25.8. The third-order valence-electron chi connectivity index (χ3n) is 18.0. The molecule has 23 nitrogen and oxygen atoms in total. The molecule has 0 aromatic heterocycles. The molecule has 2 amide bonds. The summed E-state index contributed by atoms with van der Waals surface area (Å²) < 4.78 is 34.8. The first-order chi connectivity index (χ1) is 43.4. The standard InChI is InChI=1S/C67H124N2O21/c1-4-6-8-10-12-14-16-18-19-20-21-22-23-24-25-26-27-29-31-33-35-37-39-41-54(77)69-48(49(74)40-38-36-34-32-30-28-17-15-13-11-9-7-5-2)46-85-64-59(81)58(80)61(53(45-72)87-64)88-65-60(82)63(57(79)52(44-71)86-65)90-67(66(83)84)42-50(75)55(68-47(3)73)62(89-67)56(78)51(76)43-70/h38,40,48-53,55-65,70-72,74-76,78-82H,4-37,39,41-46H2,1-3H3,(H,68,73)(H,69,77)(H,83,84)/b40-38+/t48-,49+,50-,51+,52+,53+,55+,56+,57-,58+,59?,60+,61+,62?,63-,64+,65-,67-/m0/s1. The van der Waals surface area contributed by atoms with E-state index >= 15 is 0 Å². The van der Waals surface area contributed by atoms with Crippen LogP contribution in [0.4, 0.5) is 0 Å². The van der Waals surface area contributed by atoms with Crippen LogP contribution in [0.1, 0.15) is 258 Å². The van der Waals surface area contributed by atoms with Crippen molar-refractivity contribution in [2.75, 3.05) is 26.4 Å². The zero-order valence-electron chi connectivity index (χ0n) is 55.0. The molecular weight excluding hydrogens is 1170 g/mol. The monoisotopic (exact) mass is 1290 g/mol. The first-order valence-corrected chi connectivity index (χ1v) is 35.1. The van der Waals surface area contributed by atoms with E-state index in [-0.39, 0.29) is 12.3 Å². The Kier molecular flexibility index (Phi) is 43.8. The van der Waals surface area contributed by atoms with Gasteiger partial charge in [-0.2, -0.15) is 0 Å². The molecule has 0 saturated carbocycles. The lowest BCUT2D eigenvalue weighted by atomic mass is 9.88. The van der Waals surface area contributed by atoms with Gasteiger partial charge in [-0.1, -0.05) is 231 Å². The fourth-order valence-corrected chi connectivity index (χ4v) is 12.4. The topological polar surface area (TPSA) is 373 Å². The number of nitrogens with one attached hydrogen (secondary N) is 2. The zero-order chi connectivity index (χ0) is 66.1. The molecule has 23 heteroatoms. The van der Waals surface area contributed by atoms with Crippen LogP contribution in [0.3, 0.4) is 0 Å². The second kappa shape index (κ2) is 48.2. The second-order valence-electron chi connectivity index (χ2n) is 25.8. The van der Waals surface area contributed by atoms with Gasteiger partial charge in [0.25, 0.3) is 5.79 Å². The summed E-state index contributed by atoms with van der Waals surface area (Å²) in [6.07, 6.45) is 16.9. The van der Waals surface area contributed by atoms with Crippen molar-refractivity contribution in [3.05, 3.63) is 12.2 Å². The molecule has 0 aromatic rings. The summed E-state index contributed by atoms with van der Waals surface area (Å²) in [6.45, 7) is 2.14. The van der Waals surface area contributed by atoms with Gasteiger partial charge >= 0.3 is 5.97 Å². The summed E-state index contributed by atoms with van der Waals surface area (Å²) in [5.41, 5.74) is 0. The summed E-state index contributed by atoms with van der Waals surface area (Å²) in [6, 6.07) is -2.61. The molecule has 0 radical (unpaired) electrons. The Hall–Kier alpha value is -2.53. The SMILES string of the molecule is CCCCCCCCCCCCC/C=C/[C@@H](O)[C@H](CO[C@@H]1O[C@H](CO)[C@@H](O[C@@H]2O[C@H](CO)[C@H](O)[C@H](O[C@]3(C(=O)O)C[C@H](O)[C@@H](NC(C)=O)C([C@H](O)[C@H](O)CO)O3)[C@H]2O)[C@H](O)C1O)NC(=O)CCCCCCCCCCCCCCCCCCCCCCCCC. The number of carboxylic acid groups (broad SMARTS) is 1. The van der Waals surface area contributed by atoms with E-state index in [0.29, 0.717) is 12.8 Å². The predicted molar refractivity (Wildman–Crippen MR) is 338 cm³/mol. The van der Waals surface area contributed by atoms with Gasteiger partial charge in [-0.3, -0.25) is 9.59 Å². The highest BCUT2D eigenvalue weighted by Crippen LogP contribution is 2.39. The van der Waals surface area contributed by atoms with Crippen LogP contribution >= 0.6 is 0 Å². The number of hydrogen-bond donors (Lipinski definition) is 14. The van der Waals surface area contributed by atoms with Gasteiger partial charge in [-0.05, 0) is 19.3 Å². The number of aliphatic carboxylic acids is 1. The molecule has 3 fully saturated rings. The molecule has 3 rings (SSSR count). The first kappa shape index (κ1) is 81.7. The molecule has 0 aromatic carbocycles. The molecule has 3 aliphatic heterocycles. The Bertz CT molecular complexity index is 1870. The highest BCUT2D eigenvalue weighted by molar-refractivity contribution is 5.77. The molecule has 0 bridgehead atoms. The van der Waals surface area contributed by atoms with E-state index in [4.69, 9.17) is 28.4 Å². The largest absolute Gasteiger partial charge is 0.477 e. The Morgan fingerprint density at radius 1 is 0.578 bits per heavy atom. The summed E-state index contributed by atoms with van der Waals surface area (Å²) in [5, 5.41) is 136. The van der Waals surface area contributed by atoms with E-state index in [1.165, 1.54) is 167 Å². The number of carbonyl (C=O) groups excluding carboxylic acids is 2. The van der Waals surface area contributed by atoms with Gasteiger partial charge in [0.1, 0.15) is 67.1 Å². The van der Waals surface area contributed by atoms with Crippen molar-refractivity contribution in [1.29, 1.82) is 0 Å². The lowest BCUT2D eigenvalue weighted by Gasteiger charge is -2.50. The average Bonchev–Trinajstić information content (AvgIpc) is 0.821. The number of rotatable bonds is 53. The van der Waals surface area contributed by atoms with E-state index in [9.17, 15) is 75.7 Å². The molecule has 3 aliphatic rings. The van der Waals surface area contributed by atoms with Crippen molar-refractivity contribution >= 4 is 17.8 Å². The first-order valence-electron chi connectivity index (χ1n) is 35.1. The van der Waals surface area contributed by atoms with Crippen LogP contribution in [0, 0.1) is 0 Å². The van der Waals surface area contributed by atoms with E-state index in [1.807, 2.05) is 6.08 Å². The van der Waals surface area contributed by atoms with Crippen molar-refractivity contribution in [2.24, 2.45) is 0 Å². The van der Waals surface area contributed by atoms with Crippen LogP contribution in [0.15, 0.2) is 12.2 Å². The average molecular weight is 1290 g/mol. The maximum Gasteiger partial charge on any atom is 0.364 e. The van der Waals surface area contributed by atoms with Crippen LogP contribution in [-0.2, 0) is 42.8 Å². The van der Waals surface area contributed by atoms with Crippen LogP contribution in [0.2, 0.25) is 0 Å². The minimum absolute atomic E-state index is 0.205. The molecule has 3 heterocycles. The van der Waals surface area contributed by atoms with Gasteiger partial charge < -0.3 is 100 Å². The third kappa shape index (κ3) is 30.5. The molecule has 3 saturated heterocycles. The van der Waals surface area contributed by atoms with Crippen molar-refractivity contribution in [3.8, 4) is 0 Å². The molecule has 0 spiro atoms. The highest BCUT2D eigenvalue weighted by Gasteiger charge is 2.60. The van der Waals surface area contributed by atoms with Gasteiger partial charge in [0, 0.05) is 19.8 Å². The summed E-state index contributed by atoms with van der Waals surface area (Å²) in [4.78, 5) is 38.5. The summed E-state index contributed by atoms with van der Waals surface area (Å²) in [7, 11) is 0. The van der Waals surface area contributed by atoms with Gasteiger partial charge in [-0.15, -0.1) is 0 Å². The molecule has 2 unspecified atom stereocenters. The summed E-state index contributed by atoms with van der Waals surface area (Å²) >= 11 is 0. The van der Waals surface area contributed by atoms with E-state index in [0.717, 1.165) is 51.9 Å². The van der Waals surface area contributed by atoms with Crippen molar-refractivity contribution in [1.82, 2.24) is 10.6 Å². The molecule has 18 atom stereocenters. The predicted octanol–water partition coefficient (Wildman–Crippen LogP) is 6.29. The fraction of sp³-hybridized carbons (Fsp3) is 0.925. The maximum atomic E-state index is 13.4. The van der Waals surface area contributed by atoms with Crippen LogP contribution in [0.5, 0.6) is 0 Å². The number of carboxylic acids is 1. The van der Waals surface area contributed by atoms with Gasteiger partial charge in [-0.25, -0.2) is 4.79 Å². The molecule has 90 heavy (non-hydrogen) atoms. The Balaban J connectivity index is 1.57. The highest BCUT2D eigenvalue weighted by atomic mass is 16.8. The molecule has 0 aliphatic carbocycles. The lowest BCUT2D eigenvalue weighted by molar-refractivity contribution is -0.386. The van der Waals surface area contributed by atoms with Crippen molar-refractivity contribution < 1.29 is 104 Å². The van der Waals surface area contributed by atoms with Crippen LogP contribution in [-0.4, -0.2) is 215 Å². The number of amides is 2. The van der Waals surface area contributed by atoms with E-state index in [1.54, 1.807) is 6.08 Å². The van der Waals surface area contributed by atoms with E-state index in [2.05, 4.69) is 24.5 Å². The fourth-order valence-electron chi connectivity index (χ4n) is 12.4. The van der Waals surface area contributed by atoms with Crippen molar-refractivity contribution in [3.63, 3.8) is 0 Å². The van der Waals surface area contributed by atoms with Crippen molar-refractivity contribution in [2.45, 2.75) is 368 Å². The van der Waals surface area contributed by atoms with Crippen LogP contribution < -0.4 is 10.6 Å². The van der Waals surface area contributed by atoms with Crippen LogP contribution in [0.25, 0.3) is 0 Å².